The van der Waals surface area contributed by atoms with Crippen LogP contribution in [0.3, 0.4) is 0 Å². The van der Waals surface area contributed by atoms with Crippen molar-refractivity contribution in [3.63, 3.8) is 0 Å². The van der Waals surface area contributed by atoms with Gasteiger partial charge >= 0.3 is 5.97 Å². The van der Waals surface area contributed by atoms with Crippen LogP contribution in [0, 0.1) is 0 Å². The number of rotatable bonds is 4. The highest BCUT2D eigenvalue weighted by molar-refractivity contribution is 9.10. The van der Waals surface area contributed by atoms with Crippen molar-refractivity contribution in [1.82, 2.24) is 9.97 Å². The van der Waals surface area contributed by atoms with Crippen LogP contribution in [-0.2, 0) is 11.3 Å². The molecule has 0 saturated heterocycles. The molecule has 0 amide bonds. The summed E-state index contributed by atoms with van der Waals surface area (Å²) in [7, 11) is 3.22. The number of hydrogen-bond acceptors (Lipinski definition) is 6. The summed E-state index contributed by atoms with van der Waals surface area (Å²) in [5.41, 5.74) is 0.364. The minimum atomic E-state index is -0.435. The SMILES string of the molecule is COC(=O)c1cncnc1N(C)Cc1cc(Br)cs1. The molecule has 0 aliphatic rings. The zero-order chi connectivity index (χ0) is 13.8. The zero-order valence-corrected chi connectivity index (χ0v) is 12.9. The van der Waals surface area contributed by atoms with Gasteiger partial charge in [-0.15, -0.1) is 11.3 Å². The zero-order valence-electron chi connectivity index (χ0n) is 10.5. The number of aromatic nitrogens is 2. The molecule has 0 aliphatic heterocycles. The second-order valence-electron chi connectivity index (χ2n) is 3.84. The molecule has 0 N–H and O–H groups in total. The lowest BCUT2D eigenvalue weighted by molar-refractivity contribution is 0.0600. The monoisotopic (exact) mass is 341 g/mol. The van der Waals surface area contributed by atoms with E-state index in [1.807, 2.05) is 23.4 Å². The molecular formula is C12H12BrN3O2S. The molecule has 2 aromatic rings. The molecule has 5 nitrogen and oxygen atoms in total. The molecule has 2 aromatic heterocycles. The highest BCUT2D eigenvalue weighted by Gasteiger charge is 2.17. The number of halogens is 1. The Morgan fingerprint density at radius 3 is 3.00 bits per heavy atom. The van der Waals surface area contributed by atoms with Gasteiger partial charge in [0, 0.05) is 28.0 Å². The van der Waals surface area contributed by atoms with Crippen molar-refractivity contribution in [1.29, 1.82) is 0 Å². The van der Waals surface area contributed by atoms with Crippen LogP contribution >= 0.6 is 27.3 Å². The van der Waals surface area contributed by atoms with Gasteiger partial charge in [0.1, 0.15) is 17.7 Å². The largest absolute Gasteiger partial charge is 0.465 e. The molecule has 2 rings (SSSR count). The van der Waals surface area contributed by atoms with Crippen LogP contribution in [0.5, 0.6) is 0 Å². The molecule has 0 unspecified atom stereocenters. The number of anilines is 1. The maximum Gasteiger partial charge on any atom is 0.343 e. The van der Waals surface area contributed by atoms with Crippen LogP contribution in [0.25, 0.3) is 0 Å². The van der Waals surface area contributed by atoms with E-state index in [0.29, 0.717) is 17.9 Å². The third-order valence-corrected chi connectivity index (χ3v) is 4.16. The molecule has 0 fully saturated rings. The Bertz CT molecular complexity index is 588. The van der Waals surface area contributed by atoms with Gasteiger partial charge in [-0.25, -0.2) is 14.8 Å². The second-order valence-corrected chi connectivity index (χ2v) is 5.75. The van der Waals surface area contributed by atoms with Gasteiger partial charge in [0.25, 0.3) is 0 Å². The van der Waals surface area contributed by atoms with Crippen LogP contribution in [0.4, 0.5) is 5.82 Å². The number of carbonyl (C=O) groups excluding carboxylic acids is 1. The highest BCUT2D eigenvalue weighted by atomic mass is 79.9. The van der Waals surface area contributed by atoms with Gasteiger partial charge in [0.2, 0.25) is 0 Å². The fourth-order valence-corrected chi connectivity index (χ4v) is 3.13. The van der Waals surface area contributed by atoms with E-state index in [1.165, 1.54) is 24.5 Å². The van der Waals surface area contributed by atoms with E-state index in [1.54, 1.807) is 11.3 Å². The Morgan fingerprint density at radius 1 is 1.58 bits per heavy atom. The first kappa shape index (κ1) is 14.0. The van der Waals surface area contributed by atoms with Crippen molar-refractivity contribution < 1.29 is 9.53 Å². The molecule has 0 spiro atoms. The number of carbonyl (C=O) groups is 1. The number of thiophene rings is 1. The summed E-state index contributed by atoms with van der Waals surface area (Å²) in [6, 6.07) is 2.04. The lowest BCUT2D eigenvalue weighted by Crippen LogP contribution is -2.21. The van der Waals surface area contributed by atoms with Crippen molar-refractivity contribution in [3.05, 3.63) is 38.9 Å². The summed E-state index contributed by atoms with van der Waals surface area (Å²) >= 11 is 5.06. The molecule has 0 bridgehead atoms. The average Bonchev–Trinajstić information content (AvgIpc) is 2.83. The Balaban J connectivity index is 2.23. The summed E-state index contributed by atoms with van der Waals surface area (Å²) in [5, 5.41) is 2.02. The summed E-state index contributed by atoms with van der Waals surface area (Å²) in [6.07, 6.45) is 2.89. The predicted molar refractivity (Wildman–Crippen MR) is 77.5 cm³/mol. The first-order valence-electron chi connectivity index (χ1n) is 5.44. The highest BCUT2D eigenvalue weighted by Crippen LogP contribution is 2.23. The van der Waals surface area contributed by atoms with Crippen molar-refractivity contribution in [3.8, 4) is 0 Å². The van der Waals surface area contributed by atoms with Gasteiger partial charge in [-0.3, -0.25) is 0 Å². The van der Waals surface area contributed by atoms with Crippen LogP contribution in [0.15, 0.2) is 28.4 Å². The smallest absolute Gasteiger partial charge is 0.343 e. The Labute approximate surface area is 123 Å². The Kier molecular flexibility index (Phi) is 4.49. The third kappa shape index (κ3) is 3.30. The third-order valence-electron chi connectivity index (χ3n) is 2.47. The average molecular weight is 342 g/mol. The maximum atomic E-state index is 11.7. The number of nitrogens with zero attached hydrogens (tertiary/aromatic N) is 3. The normalized spacial score (nSPS) is 10.3. The molecule has 7 heteroatoms. The Morgan fingerprint density at radius 2 is 2.37 bits per heavy atom. The summed E-state index contributed by atoms with van der Waals surface area (Å²) < 4.78 is 5.78. The van der Waals surface area contributed by atoms with Gasteiger partial charge in [0.05, 0.1) is 13.7 Å². The van der Waals surface area contributed by atoms with Crippen molar-refractivity contribution in [2.24, 2.45) is 0 Å². The van der Waals surface area contributed by atoms with E-state index in [-0.39, 0.29) is 0 Å². The van der Waals surface area contributed by atoms with Gasteiger partial charge in [-0.1, -0.05) is 0 Å². The molecule has 0 aromatic carbocycles. The van der Waals surface area contributed by atoms with Crippen LogP contribution in [0.2, 0.25) is 0 Å². The van der Waals surface area contributed by atoms with E-state index in [2.05, 4.69) is 25.9 Å². The second kappa shape index (κ2) is 6.12. The van der Waals surface area contributed by atoms with Crippen LogP contribution < -0.4 is 4.90 Å². The van der Waals surface area contributed by atoms with Crippen molar-refractivity contribution in [2.75, 3.05) is 19.1 Å². The molecule has 0 radical (unpaired) electrons. The van der Waals surface area contributed by atoms with E-state index < -0.39 is 5.97 Å². The summed E-state index contributed by atoms with van der Waals surface area (Å²) in [4.78, 5) is 22.7. The number of methoxy groups -OCH3 is 1. The summed E-state index contributed by atoms with van der Waals surface area (Å²) in [6.45, 7) is 0.664. The maximum absolute atomic E-state index is 11.7. The van der Waals surface area contributed by atoms with E-state index >= 15 is 0 Å². The van der Waals surface area contributed by atoms with Gasteiger partial charge in [0.15, 0.2) is 0 Å². The van der Waals surface area contributed by atoms with E-state index in [4.69, 9.17) is 4.74 Å². The van der Waals surface area contributed by atoms with Crippen molar-refractivity contribution >= 4 is 39.1 Å². The number of ether oxygens (including phenoxy) is 1. The number of hydrogen-bond donors (Lipinski definition) is 0. The number of esters is 1. The molecule has 0 aliphatic carbocycles. The molecule has 100 valence electrons. The Hall–Kier alpha value is -1.47. The van der Waals surface area contributed by atoms with Crippen LogP contribution in [0.1, 0.15) is 15.2 Å². The van der Waals surface area contributed by atoms with Gasteiger partial charge in [-0.05, 0) is 22.0 Å². The minimum Gasteiger partial charge on any atom is -0.465 e. The first-order valence-corrected chi connectivity index (χ1v) is 7.11. The lowest BCUT2D eigenvalue weighted by Gasteiger charge is -2.18. The topological polar surface area (TPSA) is 55.3 Å². The van der Waals surface area contributed by atoms with E-state index in [9.17, 15) is 4.79 Å². The quantitative estimate of drug-likeness (QED) is 0.800. The lowest BCUT2D eigenvalue weighted by atomic mass is 10.3. The van der Waals surface area contributed by atoms with Crippen LogP contribution in [-0.4, -0.2) is 30.1 Å². The fourth-order valence-electron chi connectivity index (χ4n) is 1.63. The molecule has 0 saturated carbocycles. The summed E-state index contributed by atoms with van der Waals surface area (Å²) in [5.74, 6) is 0.126. The molecule has 19 heavy (non-hydrogen) atoms. The van der Waals surface area contributed by atoms with E-state index in [0.717, 1.165) is 4.47 Å². The fraction of sp³-hybridized carbons (Fsp3) is 0.250. The minimum absolute atomic E-state index is 0.364. The molecule has 2 heterocycles. The van der Waals surface area contributed by atoms with Gasteiger partial charge < -0.3 is 9.64 Å². The molecule has 0 atom stereocenters. The first-order chi connectivity index (χ1) is 9.11. The van der Waals surface area contributed by atoms with Crippen molar-refractivity contribution in [2.45, 2.75) is 6.54 Å². The standard InChI is InChI=1S/C12H12BrN3O2S/c1-16(5-9-3-8(13)6-19-9)11-10(12(17)18-2)4-14-7-15-11/h3-4,6-7H,5H2,1-2H3. The van der Waals surface area contributed by atoms with Gasteiger partial charge in [-0.2, -0.15) is 0 Å². The molecular weight excluding hydrogens is 330 g/mol. The predicted octanol–water partition coefficient (Wildman–Crippen LogP) is 2.72.